The Morgan fingerprint density at radius 2 is 1.95 bits per heavy atom. The van der Waals surface area contributed by atoms with Crippen LogP contribution in [0.15, 0.2) is 22.8 Å². The van der Waals surface area contributed by atoms with Crippen LogP contribution in [0.2, 0.25) is 0 Å². The van der Waals surface area contributed by atoms with Crippen molar-refractivity contribution in [3.63, 3.8) is 0 Å². The SMILES string of the molecule is CC1(C)CC(NCC(O)c2ccco2)CC(C)(C)C1. The molecule has 2 N–H and O–H groups in total. The monoisotopic (exact) mass is 265 g/mol. The normalized spacial score (nSPS) is 24.3. The number of furan rings is 1. The van der Waals surface area contributed by atoms with Gasteiger partial charge in [0.15, 0.2) is 0 Å². The summed E-state index contributed by atoms with van der Waals surface area (Å²) in [5.41, 5.74) is 0.740. The van der Waals surface area contributed by atoms with Crippen molar-refractivity contribution in [1.82, 2.24) is 5.32 Å². The molecule has 1 heterocycles. The minimum Gasteiger partial charge on any atom is -0.467 e. The average Bonchev–Trinajstić information content (AvgIpc) is 2.74. The first-order chi connectivity index (χ1) is 8.77. The first kappa shape index (κ1) is 14.6. The lowest BCUT2D eigenvalue weighted by molar-refractivity contribution is 0.0731. The number of aliphatic hydroxyl groups excluding tert-OH is 1. The van der Waals surface area contributed by atoms with Crippen molar-refractivity contribution in [2.75, 3.05) is 6.54 Å². The minimum atomic E-state index is -0.553. The quantitative estimate of drug-likeness (QED) is 0.875. The van der Waals surface area contributed by atoms with Crippen LogP contribution in [-0.2, 0) is 0 Å². The zero-order chi connectivity index (χ0) is 14.1. The Morgan fingerprint density at radius 3 is 2.47 bits per heavy atom. The summed E-state index contributed by atoms with van der Waals surface area (Å²) in [6.07, 6.45) is 4.65. The number of hydrogen-bond donors (Lipinski definition) is 2. The summed E-state index contributed by atoms with van der Waals surface area (Å²) in [5, 5.41) is 13.6. The molecule has 3 heteroatoms. The third-order valence-electron chi connectivity index (χ3n) is 4.03. The Bertz CT molecular complexity index is 379. The number of hydrogen-bond acceptors (Lipinski definition) is 3. The molecule has 0 saturated heterocycles. The second-order valence-corrected chi connectivity index (χ2v) is 7.55. The molecule has 19 heavy (non-hydrogen) atoms. The Morgan fingerprint density at radius 1 is 1.32 bits per heavy atom. The molecule has 1 unspecified atom stereocenters. The Kier molecular flexibility index (Phi) is 4.07. The molecule has 1 saturated carbocycles. The van der Waals surface area contributed by atoms with Gasteiger partial charge < -0.3 is 14.8 Å². The van der Waals surface area contributed by atoms with Gasteiger partial charge >= 0.3 is 0 Å². The lowest BCUT2D eigenvalue weighted by Gasteiger charge is -2.45. The van der Waals surface area contributed by atoms with Crippen LogP contribution >= 0.6 is 0 Å². The molecule has 0 aromatic carbocycles. The summed E-state index contributed by atoms with van der Waals surface area (Å²) in [5.74, 6) is 0.641. The fourth-order valence-corrected chi connectivity index (χ4v) is 3.85. The highest BCUT2D eigenvalue weighted by molar-refractivity contribution is 5.02. The van der Waals surface area contributed by atoms with Crippen molar-refractivity contribution in [3.8, 4) is 0 Å². The molecule has 1 aliphatic carbocycles. The zero-order valence-electron chi connectivity index (χ0n) is 12.6. The van der Waals surface area contributed by atoms with Gasteiger partial charge in [-0.25, -0.2) is 0 Å². The second kappa shape index (κ2) is 5.29. The van der Waals surface area contributed by atoms with Gasteiger partial charge in [-0.3, -0.25) is 0 Å². The van der Waals surface area contributed by atoms with E-state index in [0.29, 0.717) is 29.2 Å². The standard InChI is InChI=1S/C16H27NO2/c1-15(2)8-12(9-16(3,4)11-15)17-10-13(18)14-6-5-7-19-14/h5-7,12-13,17-18H,8-11H2,1-4H3. The second-order valence-electron chi connectivity index (χ2n) is 7.55. The number of nitrogens with one attached hydrogen (secondary N) is 1. The highest BCUT2D eigenvalue weighted by atomic mass is 16.4. The molecule has 108 valence electrons. The average molecular weight is 265 g/mol. The third kappa shape index (κ3) is 4.08. The van der Waals surface area contributed by atoms with Crippen molar-refractivity contribution < 1.29 is 9.52 Å². The maximum atomic E-state index is 10.0. The van der Waals surface area contributed by atoms with E-state index < -0.39 is 6.10 Å². The van der Waals surface area contributed by atoms with E-state index in [2.05, 4.69) is 33.0 Å². The van der Waals surface area contributed by atoms with E-state index in [4.69, 9.17) is 4.42 Å². The molecule has 0 bridgehead atoms. The van der Waals surface area contributed by atoms with Gasteiger partial charge in [0, 0.05) is 12.6 Å². The topological polar surface area (TPSA) is 45.4 Å². The van der Waals surface area contributed by atoms with E-state index in [0.717, 1.165) is 0 Å². The predicted molar refractivity (Wildman–Crippen MR) is 76.9 cm³/mol. The summed E-state index contributed by atoms with van der Waals surface area (Å²) in [7, 11) is 0. The predicted octanol–water partition coefficient (Wildman–Crippen LogP) is 3.51. The Balaban J connectivity index is 1.89. The van der Waals surface area contributed by atoms with Gasteiger partial charge in [-0.05, 0) is 42.2 Å². The Hall–Kier alpha value is -0.800. The maximum absolute atomic E-state index is 10.0. The van der Waals surface area contributed by atoms with E-state index in [9.17, 15) is 5.11 Å². The van der Waals surface area contributed by atoms with Crippen LogP contribution in [0.25, 0.3) is 0 Å². The first-order valence-electron chi connectivity index (χ1n) is 7.22. The molecule has 1 aliphatic rings. The van der Waals surface area contributed by atoms with Crippen LogP contribution in [0.1, 0.15) is 58.8 Å². The van der Waals surface area contributed by atoms with Gasteiger partial charge in [0.1, 0.15) is 11.9 Å². The molecule has 2 rings (SSSR count). The van der Waals surface area contributed by atoms with Crippen LogP contribution in [0.3, 0.4) is 0 Å². The summed E-state index contributed by atoms with van der Waals surface area (Å²) in [4.78, 5) is 0. The van der Waals surface area contributed by atoms with Gasteiger partial charge in [-0.2, -0.15) is 0 Å². The van der Waals surface area contributed by atoms with Gasteiger partial charge in [-0.15, -0.1) is 0 Å². The highest BCUT2D eigenvalue weighted by Crippen LogP contribution is 2.45. The van der Waals surface area contributed by atoms with E-state index in [1.807, 2.05) is 12.1 Å². The van der Waals surface area contributed by atoms with E-state index in [-0.39, 0.29) is 0 Å². The lowest BCUT2D eigenvalue weighted by atomic mass is 9.63. The van der Waals surface area contributed by atoms with Crippen molar-refractivity contribution in [2.24, 2.45) is 10.8 Å². The van der Waals surface area contributed by atoms with E-state index in [1.165, 1.54) is 19.3 Å². The van der Waals surface area contributed by atoms with Gasteiger partial charge in [-0.1, -0.05) is 27.7 Å². The molecule has 0 spiro atoms. The molecule has 1 fully saturated rings. The smallest absolute Gasteiger partial charge is 0.133 e. The zero-order valence-corrected chi connectivity index (χ0v) is 12.6. The van der Waals surface area contributed by atoms with Crippen LogP contribution < -0.4 is 5.32 Å². The van der Waals surface area contributed by atoms with Crippen LogP contribution in [0, 0.1) is 10.8 Å². The summed E-state index contributed by atoms with van der Waals surface area (Å²) in [6, 6.07) is 4.11. The molecular weight excluding hydrogens is 238 g/mol. The molecule has 3 nitrogen and oxygen atoms in total. The van der Waals surface area contributed by atoms with E-state index in [1.54, 1.807) is 6.26 Å². The molecular formula is C16H27NO2. The lowest BCUT2D eigenvalue weighted by Crippen LogP contribution is -2.45. The summed E-state index contributed by atoms with van der Waals surface area (Å²) < 4.78 is 5.23. The largest absolute Gasteiger partial charge is 0.467 e. The molecule has 1 atom stereocenters. The minimum absolute atomic E-state index is 0.370. The molecule has 1 aromatic rings. The Labute approximate surface area is 116 Å². The van der Waals surface area contributed by atoms with Gasteiger partial charge in [0.05, 0.1) is 6.26 Å². The van der Waals surface area contributed by atoms with Crippen LogP contribution in [0.4, 0.5) is 0 Å². The molecule has 1 aromatic heterocycles. The number of rotatable bonds is 4. The molecule has 0 amide bonds. The summed E-state index contributed by atoms with van der Waals surface area (Å²) >= 11 is 0. The molecule has 0 aliphatic heterocycles. The van der Waals surface area contributed by atoms with Crippen molar-refractivity contribution in [2.45, 2.75) is 59.1 Å². The van der Waals surface area contributed by atoms with E-state index >= 15 is 0 Å². The highest BCUT2D eigenvalue weighted by Gasteiger charge is 2.38. The number of aliphatic hydroxyl groups is 1. The van der Waals surface area contributed by atoms with Crippen molar-refractivity contribution in [3.05, 3.63) is 24.2 Å². The van der Waals surface area contributed by atoms with Crippen molar-refractivity contribution >= 4 is 0 Å². The van der Waals surface area contributed by atoms with Gasteiger partial charge in [0.2, 0.25) is 0 Å². The van der Waals surface area contributed by atoms with Crippen molar-refractivity contribution in [1.29, 1.82) is 0 Å². The van der Waals surface area contributed by atoms with Crippen LogP contribution in [0.5, 0.6) is 0 Å². The van der Waals surface area contributed by atoms with Gasteiger partial charge in [0.25, 0.3) is 0 Å². The maximum Gasteiger partial charge on any atom is 0.133 e. The third-order valence-corrected chi connectivity index (χ3v) is 4.03. The summed E-state index contributed by atoms with van der Waals surface area (Å²) in [6.45, 7) is 9.92. The molecule has 0 radical (unpaired) electrons. The first-order valence-corrected chi connectivity index (χ1v) is 7.22. The fourth-order valence-electron chi connectivity index (χ4n) is 3.85. The van der Waals surface area contributed by atoms with Crippen LogP contribution in [-0.4, -0.2) is 17.7 Å². The fraction of sp³-hybridized carbons (Fsp3) is 0.750.